The molecule has 0 saturated heterocycles. The molecule has 2 aromatic carbocycles. The van der Waals surface area contributed by atoms with Crippen LogP contribution in [0.25, 0.3) is 0 Å². The summed E-state index contributed by atoms with van der Waals surface area (Å²) in [6.45, 7) is 0.513. The van der Waals surface area contributed by atoms with E-state index in [1.165, 1.54) is 13.2 Å². The lowest BCUT2D eigenvalue weighted by Gasteiger charge is -2.21. The molecule has 3 nitrogen and oxygen atoms in total. The predicted molar refractivity (Wildman–Crippen MR) is 82.3 cm³/mol. The molecule has 1 heterocycles. The smallest absolute Gasteiger partial charge is 0.141 e. The minimum absolute atomic E-state index is 0.0208. The van der Waals surface area contributed by atoms with Crippen LogP contribution < -0.4 is 15.2 Å². The van der Waals surface area contributed by atoms with E-state index in [-0.39, 0.29) is 17.8 Å². The molecule has 0 aliphatic carbocycles. The maximum atomic E-state index is 13.6. The maximum absolute atomic E-state index is 13.6. The zero-order chi connectivity index (χ0) is 15.0. The van der Waals surface area contributed by atoms with E-state index in [2.05, 4.69) is 15.9 Å². The quantitative estimate of drug-likeness (QED) is 0.915. The highest BCUT2D eigenvalue weighted by molar-refractivity contribution is 9.10. The first-order chi connectivity index (χ1) is 10.1. The van der Waals surface area contributed by atoms with Crippen LogP contribution in [-0.4, -0.2) is 13.7 Å². The summed E-state index contributed by atoms with van der Waals surface area (Å²) in [5, 5.41) is 0. The Hall–Kier alpha value is -1.59. The van der Waals surface area contributed by atoms with Crippen LogP contribution in [-0.2, 0) is 0 Å². The van der Waals surface area contributed by atoms with Gasteiger partial charge in [0, 0.05) is 29.2 Å². The minimum atomic E-state index is -0.370. The highest BCUT2D eigenvalue weighted by Gasteiger charge is 2.31. The molecule has 3 rings (SSSR count). The molecule has 0 fully saturated rings. The van der Waals surface area contributed by atoms with Gasteiger partial charge in [0.2, 0.25) is 0 Å². The van der Waals surface area contributed by atoms with Crippen LogP contribution in [0.4, 0.5) is 4.39 Å². The Morgan fingerprint density at radius 3 is 2.90 bits per heavy atom. The summed E-state index contributed by atoms with van der Waals surface area (Å²) >= 11 is 3.20. The van der Waals surface area contributed by atoms with Gasteiger partial charge in [-0.2, -0.15) is 0 Å². The first kappa shape index (κ1) is 14.4. The van der Waals surface area contributed by atoms with Gasteiger partial charge in [-0.3, -0.25) is 0 Å². The van der Waals surface area contributed by atoms with Gasteiger partial charge in [0.25, 0.3) is 0 Å². The highest BCUT2D eigenvalue weighted by atomic mass is 79.9. The van der Waals surface area contributed by atoms with Crippen LogP contribution in [0.1, 0.15) is 23.1 Å². The van der Waals surface area contributed by atoms with E-state index in [0.29, 0.717) is 16.8 Å². The summed E-state index contributed by atoms with van der Waals surface area (Å²) in [6, 6.07) is 10.5. The molecular weight excluding hydrogens is 337 g/mol. The van der Waals surface area contributed by atoms with Crippen LogP contribution in [0.3, 0.4) is 0 Å². The third kappa shape index (κ3) is 2.51. The van der Waals surface area contributed by atoms with Crippen LogP contribution in [0, 0.1) is 5.82 Å². The fraction of sp³-hybridized carbons (Fsp3) is 0.250. The van der Waals surface area contributed by atoms with E-state index in [0.717, 1.165) is 16.9 Å². The number of para-hydroxylation sites is 1. The second-order valence-electron chi connectivity index (χ2n) is 4.99. The number of ether oxygens (including phenoxy) is 2. The zero-order valence-electron chi connectivity index (χ0n) is 11.5. The van der Waals surface area contributed by atoms with Gasteiger partial charge in [-0.05, 0) is 28.1 Å². The summed E-state index contributed by atoms with van der Waals surface area (Å²) in [4.78, 5) is 0. The van der Waals surface area contributed by atoms with Gasteiger partial charge in [0.05, 0.1) is 18.2 Å². The normalized spacial score (nSPS) is 18.0. The van der Waals surface area contributed by atoms with Gasteiger partial charge in [-0.25, -0.2) is 4.39 Å². The zero-order valence-corrected chi connectivity index (χ0v) is 13.1. The molecule has 5 heteroatoms. The Kier molecular flexibility index (Phi) is 3.87. The molecule has 0 amide bonds. The molecule has 0 aromatic heterocycles. The van der Waals surface area contributed by atoms with E-state index in [4.69, 9.17) is 15.2 Å². The molecule has 0 radical (unpaired) electrons. The predicted octanol–water partition coefficient (Wildman–Crippen LogP) is 3.77. The molecule has 0 spiro atoms. The molecule has 21 heavy (non-hydrogen) atoms. The van der Waals surface area contributed by atoms with Crippen molar-refractivity contribution in [3.8, 4) is 11.5 Å². The van der Waals surface area contributed by atoms with E-state index in [9.17, 15) is 4.39 Å². The van der Waals surface area contributed by atoms with Gasteiger partial charge < -0.3 is 15.2 Å². The first-order valence-corrected chi connectivity index (χ1v) is 7.41. The maximum Gasteiger partial charge on any atom is 0.141 e. The number of rotatable bonds is 3. The first-order valence-electron chi connectivity index (χ1n) is 6.62. The Balaban J connectivity index is 2.00. The van der Waals surface area contributed by atoms with Crippen LogP contribution in [0.2, 0.25) is 0 Å². The van der Waals surface area contributed by atoms with Crippen molar-refractivity contribution in [3.63, 3.8) is 0 Å². The fourth-order valence-electron chi connectivity index (χ4n) is 2.68. The number of fused-ring (bicyclic) bond motifs is 1. The molecule has 2 unspecified atom stereocenters. The van der Waals surface area contributed by atoms with Gasteiger partial charge in [0.15, 0.2) is 0 Å². The Morgan fingerprint density at radius 1 is 1.38 bits per heavy atom. The van der Waals surface area contributed by atoms with Crippen molar-refractivity contribution in [1.29, 1.82) is 0 Å². The third-order valence-electron chi connectivity index (χ3n) is 3.80. The van der Waals surface area contributed by atoms with Crippen molar-refractivity contribution in [3.05, 3.63) is 57.8 Å². The average Bonchev–Trinajstić information content (AvgIpc) is 2.92. The average molecular weight is 352 g/mol. The van der Waals surface area contributed by atoms with Crippen molar-refractivity contribution < 1.29 is 13.9 Å². The second kappa shape index (κ2) is 5.66. The lowest BCUT2D eigenvalue weighted by atomic mass is 9.89. The Bertz CT molecular complexity index is 677. The van der Waals surface area contributed by atoms with Crippen LogP contribution in [0.5, 0.6) is 11.5 Å². The molecule has 0 saturated carbocycles. The largest absolute Gasteiger partial charge is 0.496 e. The number of benzene rings is 2. The van der Waals surface area contributed by atoms with Gasteiger partial charge >= 0.3 is 0 Å². The van der Waals surface area contributed by atoms with Crippen LogP contribution in [0.15, 0.2) is 40.9 Å². The van der Waals surface area contributed by atoms with Gasteiger partial charge in [0.1, 0.15) is 17.3 Å². The molecular formula is C16H15BrFNO2. The number of nitrogens with two attached hydrogens (primary N) is 1. The van der Waals surface area contributed by atoms with Gasteiger partial charge in [-0.15, -0.1) is 0 Å². The summed E-state index contributed by atoms with van der Waals surface area (Å²) in [7, 11) is 1.51. The second-order valence-corrected chi connectivity index (χ2v) is 5.84. The standard InChI is InChI=1S/C16H15BrFNO2/c1-20-15-7-13(18)12(17)6-10(15)16(19)11-8-21-14-5-3-2-4-9(11)14/h2-7,11,16H,8,19H2,1H3. The Morgan fingerprint density at radius 2 is 2.14 bits per heavy atom. The highest BCUT2D eigenvalue weighted by Crippen LogP contribution is 2.42. The van der Waals surface area contributed by atoms with Crippen molar-refractivity contribution in [2.45, 2.75) is 12.0 Å². The summed E-state index contributed by atoms with van der Waals surface area (Å²) in [5.41, 5.74) is 8.24. The van der Waals surface area contributed by atoms with Gasteiger partial charge in [-0.1, -0.05) is 18.2 Å². The topological polar surface area (TPSA) is 44.5 Å². The monoisotopic (exact) mass is 351 g/mol. The van der Waals surface area contributed by atoms with E-state index in [1.54, 1.807) is 6.07 Å². The number of halogens is 2. The molecule has 1 aliphatic heterocycles. The lowest BCUT2D eigenvalue weighted by molar-refractivity contribution is 0.312. The molecule has 0 bridgehead atoms. The lowest BCUT2D eigenvalue weighted by Crippen LogP contribution is -2.21. The Labute approximate surface area is 131 Å². The van der Waals surface area contributed by atoms with Crippen molar-refractivity contribution >= 4 is 15.9 Å². The van der Waals surface area contributed by atoms with Crippen molar-refractivity contribution in [2.75, 3.05) is 13.7 Å². The number of hydrogen-bond donors (Lipinski definition) is 1. The van der Waals surface area contributed by atoms with E-state index >= 15 is 0 Å². The van der Waals surface area contributed by atoms with Crippen molar-refractivity contribution in [2.24, 2.45) is 5.73 Å². The van der Waals surface area contributed by atoms with Crippen molar-refractivity contribution in [1.82, 2.24) is 0 Å². The summed E-state index contributed by atoms with van der Waals surface area (Å²) in [5.74, 6) is 0.962. The number of methoxy groups -OCH3 is 1. The molecule has 110 valence electrons. The fourth-order valence-corrected chi connectivity index (χ4v) is 3.04. The van der Waals surface area contributed by atoms with E-state index < -0.39 is 0 Å². The number of hydrogen-bond acceptors (Lipinski definition) is 3. The molecule has 2 N–H and O–H groups in total. The summed E-state index contributed by atoms with van der Waals surface area (Å²) in [6.07, 6.45) is 0. The minimum Gasteiger partial charge on any atom is -0.496 e. The van der Waals surface area contributed by atoms with Crippen LogP contribution >= 0.6 is 15.9 Å². The summed E-state index contributed by atoms with van der Waals surface area (Å²) < 4.78 is 25.0. The molecule has 2 atom stereocenters. The van der Waals surface area contributed by atoms with E-state index in [1.807, 2.05) is 24.3 Å². The third-order valence-corrected chi connectivity index (χ3v) is 4.41. The molecule has 1 aliphatic rings. The SMILES string of the molecule is COc1cc(F)c(Br)cc1C(N)C1COc2ccccc21. The molecule has 2 aromatic rings.